The molecule has 1 N–H and O–H groups in total. The Bertz CT molecular complexity index is 1390. The molecule has 0 saturated carbocycles. The number of nitrogens with zero attached hydrogens (tertiary/aromatic N) is 1. The van der Waals surface area contributed by atoms with Crippen molar-refractivity contribution in [2.24, 2.45) is 0 Å². The van der Waals surface area contributed by atoms with Crippen LogP contribution in [-0.4, -0.2) is 10.9 Å². The minimum Gasteiger partial charge on any atom is -0.451 e. The third-order valence-electron chi connectivity index (χ3n) is 4.69. The van der Waals surface area contributed by atoms with Gasteiger partial charge in [0.05, 0.1) is 15.2 Å². The fourth-order valence-electron chi connectivity index (χ4n) is 3.20. The second-order valence-electron chi connectivity index (χ2n) is 6.81. The lowest BCUT2D eigenvalue weighted by Gasteiger charge is -2.07. The Morgan fingerprint density at radius 1 is 0.935 bits per heavy atom. The first-order chi connectivity index (χ1) is 15.1. The maximum atomic E-state index is 12.7. The highest BCUT2D eigenvalue weighted by Gasteiger charge is 2.15. The molecule has 2 heterocycles. The number of halogens is 2. The second kappa shape index (κ2) is 8.19. The van der Waals surface area contributed by atoms with Crippen LogP contribution in [0.2, 0.25) is 10.0 Å². The fraction of sp³-hybridized carbons (Fsp3) is 0. The molecular weight excluding hydrogens is 451 g/mol. The second-order valence-corrected chi connectivity index (χ2v) is 8.68. The highest BCUT2D eigenvalue weighted by molar-refractivity contribution is 7.21. The molecule has 0 fully saturated rings. The molecule has 152 valence electrons. The van der Waals surface area contributed by atoms with E-state index < -0.39 is 0 Å². The fourth-order valence-corrected chi connectivity index (χ4v) is 4.65. The van der Waals surface area contributed by atoms with Crippen molar-refractivity contribution in [3.63, 3.8) is 0 Å². The lowest BCUT2D eigenvalue weighted by molar-refractivity contribution is 0.0997. The van der Waals surface area contributed by atoms with Crippen molar-refractivity contribution < 1.29 is 9.21 Å². The standard InChI is InChI=1S/C24H14Cl2N2O2S/c25-15-5-3-4-14(12-15)20-10-11-21(30-20)23(29)27-16-8-9-18(26)17(13-16)24-28-19-6-1-2-7-22(19)31-24/h1-13H,(H,27,29). The Kier molecular flexibility index (Phi) is 5.24. The normalized spacial score (nSPS) is 11.0. The molecular formula is C24H14Cl2N2O2S. The zero-order valence-corrected chi connectivity index (χ0v) is 18.3. The van der Waals surface area contributed by atoms with Crippen LogP contribution in [0.25, 0.3) is 32.1 Å². The number of amides is 1. The molecule has 0 unspecified atom stereocenters. The number of carbonyl (C=O) groups excluding carboxylic acids is 1. The van der Waals surface area contributed by atoms with Crippen LogP contribution < -0.4 is 5.32 Å². The number of furan rings is 1. The zero-order valence-electron chi connectivity index (χ0n) is 15.9. The minimum absolute atomic E-state index is 0.200. The number of fused-ring (bicyclic) bond motifs is 1. The minimum atomic E-state index is -0.356. The molecule has 5 rings (SSSR count). The average Bonchev–Trinajstić information content (AvgIpc) is 3.42. The predicted molar refractivity (Wildman–Crippen MR) is 127 cm³/mol. The van der Waals surface area contributed by atoms with Gasteiger partial charge in [-0.1, -0.05) is 47.5 Å². The number of aromatic nitrogens is 1. The van der Waals surface area contributed by atoms with Crippen LogP contribution in [-0.2, 0) is 0 Å². The average molecular weight is 465 g/mol. The Labute approximate surface area is 192 Å². The van der Waals surface area contributed by atoms with Crippen molar-refractivity contribution in [2.75, 3.05) is 5.32 Å². The van der Waals surface area contributed by atoms with Gasteiger partial charge in [-0.05, 0) is 54.6 Å². The molecule has 0 saturated heterocycles. The number of benzene rings is 3. The van der Waals surface area contributed by atoms with Gasteiger partial charge in [0.15, 0.2) is 5.76 Å². The Balaban J connectivity index is 1.40. The summed E-state index contributed by atoms with van der Waals surface area (Å²) in [7, 11) is 0. The molecule has 31 heavy (non-hydrogen) atoms. The van der Waals surface area contributed by atoms with Gasteiger partial charge in [0.25, 0.3) is 5.91 Å². The summed E-state index contributed by atoms with van der Waals surface area (Å²) >= 11 is 14.0. The van der Waals surface area contributed by atoms with Gasteiger partial charge in [0.2, 0.25) is 0 Å². The molecule has 7 heteroatoms. The number of nitrogens with one attached hydrogen (secondary N) is 1. The van der Waals surface area contributed by atoms with Gasteiger partial charge in [-0.2, -0.15) is 0 Å². The molecule has 0 aliphatic heterocycles. The van der Waals surface area contributed by atoms with Crippen LogP contribution >= 0.6 is 34.5 Å². The lowest BCUT2D eigenvalue weighted by atomic mass is 10.2. The summed E-state index contributed by atoms with van der Waals surface area (Å²) in [4.78, 5) is 17.4. The van der Waals surface area contributed by atoms with Gasteiger partial charge in [0, 0.05) is 21.8 Å². The number of carbonyl (C=O) groups is 1. The summed E-state index contributed by atoms with van der Waals surface area (Å²) in [5.41, 5.74) is 3.08. The van der Waals surface area contributed by atoms with E-state index >= 15 is 0 Å². The Morgan fingerprint density at radius 2 is 1.81 bits per heavy atom. The van der Waals surface area contributed by atoms with Crippen molar-refractivity contribution in [3.05, 3.63) is 94.7 Å². The maximum Gasteiger partial charge on any atom is 0.291 e. The van der Waals surface area contributed by atoms with E-state index in [1.54, 1.807) is 47.7 Å². The van der Waals surface area contributed by atoms with Gasteiger partial charge in [-0.3, -0.25) is 4.79 Å². The molecule has 3 aromatic carbocycles. The van der Waals surface area contributed by atoms with Crippen LogP contribution in [0.15, 0.2) is 83.3 Å². The highest BCUT2D eigenvalue weighted by atomic mass is 35.5. The SMILES string of the molecule is O=C(Nc1ccc(Cl)c(-c2nc3ccccc3s2)c1)c1ccc(-c2cccc(Cl)c2)o1. The zero-order chi connectivity index (χ0) is 21.4. The summed E-state index contributed by atoms with van der Waals surface area (Å²) in [5, 5.41) is 4.83. The van der Waals surface area contributed by atoms with Crippen LogP contribution in [0.4, 0.5) is 5.69 Å². The van der Waals surface area contributed by atoms with Crippen molar-refractivity contribution in [1.29, 1.82) is 0 Å². The van der Waals surface area contributed by atoms with E-state index in [9.17, 15) is 4.79 Å². The quantitative estimate of drug-likeness (QED) is 0.295. The van der Waals surface area contributed by atoms with E-state index in [0.717, 1.165) is 26.4 Å². The lowest BCUT2D eigenvalue weighted by Crippen LogP contribution is -2.10. The highest BCUT2D eigenvalue weighted by Crippen LogP contribution is 2.36. The molecule has 4 nitrogen and oxygen atoms in total. The van der Waals surface area contributed by atoms with Crippen LogP contribution in [0.3, 0.4) is 0 Å². The predicted octanol–water partition coefficient (Wildman–Crippen LogP) is 7.78. The first kappa shape index (κ1) is 19.8. The molecule has 1 amide bonds. The van der Waals surface area contributed by atoms with Crippen molar-refractivity contribution >= 4 is 56.3 Å². The summed E-state index contributed by atoms with van der Waals surface area (Å²) in [6.07, 6.45) is 0. The third kappa shape index (κ3) is 4.08. The number of hydrogen-bond acceptors (Lipinski definition) is 4. The Hall–Kier alpha value is -3.12. The summed E-state index contributed by atoms with van der Waals surface area (Å²) in [6.45, 7) is 0. The van der Waals surface area contributed by atoms with E-state index in [-0.39, 0.29) is 11.7 Å². The van der Waals surface area contributed by atoms with E-state index in [2.05, 4.69) is 10.3 Å². The first-order valence-corrected chi connectivity index (χ1v) is 11.0. The molecule has 2 aromatic heterocycles. The van der Waals surface area contributed by atoms with Gasteiger partial charge in [-0.15, -0.1) is 11.3 Å². The number of para-hydroxylation sites is 1. The number of thiazole rings is 1. The summed E-state index contributed by atoms with van der Waals surface area (Å²) in [5.74, 6) is 0.413. The molecule has 0 atom stereocenters. The van der Waals surface area contributed by atoms with Crippen LogP contribution in [0.5, 0.6) is 0 Å². The van der Waals surface area contributed by atoms with E-state index in [4.69, 9.17) is 27.6 Å². The largest absolute Gasteiger partial charge is 0.451 e. The molecule has 5 aromatic rings. The van der Waals surface area contributed by atoms with Crippen molar-refractivity contribution in [3.8, 4) is 21.9 Å². The number of rotatable bonds is 4. The number of anilines is 1. The monoisotopic (exact) mass is 464 g/mol. The molecule has 0 radical (unpaired) electrons. The van der Waals surface area contributed by atoms with Gasteiger partial charge in [0.1, 0.15) is 10.8 Å². The van der Waals surface area contributed by atoms with Crippen molar-refractivity contribution in [1.82, 2.24) is 4.98 Å². The van der Waals surface area contributed by atoms with E-state index in [1.807, 2.05) is 42.5 Å². The topological polar surface area (TPSA) is 55.1 Å². The molecule has 0 spiro atoms. The van der Waals surface area contributed by atoms with Gasteiger partial charge < -0.3 is 9.73 Å². The van der Waals surface area contributed by atoms with Gasteiger partial charge >= 0.3 is 0 Å². The smallest absolute Gasteiger partial charge is 0.291 e. The van der Waals surface area contributed by atoms with Crippen molar-refractivity contribution in [2.45, 2.75) is 0 Å². The van der Waals surface area contributed by atoms with E-state index in [1.165, 1.54) is 0 Å². The third-order valence-corrected chi connectivity index (χ3v) is 6.32. The number of hydrogen-bond donors (Lipinski definition) is 1. The van der Waals surface area contributed by atoms with E-state index in [0.29, 0.717) is 21.5 Å². The maximum absolute atomic E-state index is 12.7. The van der Waals surface area contributed by atoms with Gasteiger partial charge in [-0.25, -0.2) is 4.98 Å². The molecule has 0 aliphatic rings. The Morgan fingerprint density at radius 3 is 2.65 bits per heavy atom. The van der Waals surface area contributed by atoms with Crippen LogP contribution in [0, 0.1) is 0 Å². The molecule has 0 bridgehead atoms. The summed E-state index contributed by atoms with van der Waals surface area (Å²) < 4.78 is 6.81. The van der Waals surface area contributed by atoms with Crippen LogP contribution in [0.1, 0.15) is 10.6 Å². The summed E-state index contributed by atoms with van der Waals surface area (Å²) in [6, 6.07) is 23.9. The first-order valence-electron chi connectivity index (χ1n) is 9.39. The molecule has 0 aliphatic carbocycles.